The molecule has 0 unspecified atom stereocenters. The van der Waals surface area contributed by atoms with E-state index in [2.05, 4.69) is 10.3 Å². The summed E-state index contributed by atoms with van der Waals surface area (Å²) in [5, 5.41) is 2.74. The molecule has 1 saturated heterocycles. The highest BCUT2D eigenvalue weighted by molar-refractivity contribution is 6.05. The molecular weight excluding hydrogens is 323 g/mol. The van der Waals surface area contributed by atoms with Gasteiger partial charge in [0.05, 0.1) is 11.3 Å². The number of para-hydroxylation sites is 1. The fourth-order valence-electron chi connectivity index (χ4n) is 2.89. The minimum atomic E-state index is -0.678. The molecule has 0 bridgehead atoms. The van der Waals surface area contributed by atoms with Crippen molar-refractivity contribution in [3.8, 4) is 0 Å². The largest absolute Gasteiger partial charge is 0.362 e. The van der Waals surface area contributed by atoms with Gasteiger partial charge in [-0.1, -0.05) is 12.1 Å². The van der Waals surface area contributed by atoms with Crippen LogP contribution in [0.4, 0.5) is 15.9 Å². The zero-order chi connectivity index (χ0) is 18.0. The number of aromatic nitrogens is 1. The Bertz CT molecular complexity index is 809. The smallest absolute Gasteiger partial charge is 0.255 e. The quantitative estimate of drug-likeness (QED) is 0.921. The molecular formula is C18H19FN4O2. The summed E-state index contributed by atoms with van der Waals surface area (Å²) in [4.78, 5) is 32.4. The Balaban J connectivity index is 1.76. The first-order valence-electron chi connectivity index (χ1n) is 7.98. The molecule has 0 saturated carbocycles. The third kappa shape index (κ3) is 3.31. The maximum Gasteiger partial charge on any atom is 0.255 e. The molecule has 1 aliphatic rings. The Morgan fingerprint density at radius 1 is 1.28 bits per heavy atom. The molecule has 2 amide bonds. The van der Waals surface area contributed by atoms with E-state index >= 15 is 0 Å². The number of nitrogens with one attached hydrogen (secondary N) is 1. The number of carbonyl (C=O) groups excluding carboxylic acids is 2. The fourth-order valence-corrected chi connectivity index (χ4v) is 2.89. The number of anilines is 2. The van der Waals surface area contributed by atoms with Crippen molar-refractivity contribution in [2.24, 2.45) is 0 Å². The van der Waals surface area contributed by atoms with E-state index in [1.54, 1.807) is 55.5 Å². The zero-order valence-corrected chi connectivity index (χ0v) is 14.1. The highest BCUT2D eigenvalue weighted by Crippen LogP contribution is 2.25. The highest BCUT2D eigenvalue weighted by atomic mass is 19.1. The number of benzene rings is 1. The van der Waals surface area contributed by atoms with Gasteiger partial charge in [0.25, 0.3) is 5.91 Å². The van der Waals surface area contributed by atoms with Gasteiger partial charge in [0.2, 0.25) is 5.91 Å². The monoisotopic (exact) mass is 342 g/mol. The summed E-state index contributed by atoms with van der Waals surface area (Å²) in [6.45, 7) is 0.359. The maximum absolute atomic E-state index is 13.9. The van der Waals surface area contributed by atoms with Crippen LogP contribution >= 0.6 is 0 Å². The molecule has 1 aromatic carbocycles. The lowest BCUT2D eigenvalue weighted by Gasteiger charge is -2.19. The zero-order valence-electron chi connectivity index (χ0n) is 14.1. The third-order valence-electron chi connectivity index (χ3n) is 4.11. The molecule has 130 valence electrons. The van der Waals surface area contributed by atoms with Crippen molar-refractivity contribution in [3.05, 3.63) is 54.0 Å². The van der Waals surface area contributed by atoms with E-state index in [1.807, 2.05) is 0 Å². The van der Waals surface area contributed by atoms with Crippen molar-refractivity contribution in [2.75, 3.05) is 30.4 Å². The summed E-state index contributed by atoms with van der Waals surface area (Å²) in [6.07, 6.45) is 2.03. The number of amides is 2. The third-order valence-corrected chi connectivity index (χ3v) is 4.11. The molecule has 2 aromatic rings. The molecule has 7 heteroatoms. The fraction of sp³-hybridized carbons (Fsp3) is 0.278. The highest BCUT2D eigenvalue weighted by Gasteiger charge is 2.35. The van der Waals surface area contributed by atoms with Gasteiger partial charge in [0, 0.05) is 26.8 Å². The van der Waals surface area contributed by atoms with Crippen LogP contribution in [0.3, 0.4) is 0 Å². The molecule has 1 aliphatic heterocycles. The second kappa shape index (κ2) is 6.88. The van der Waals surface area contributed by atoms with Crippen molar-refractivity contribution >= 4 is 23.3 Å². The van der Waals surface area contributed by atoms with E-state index in [4.69, 9.17) is 0 Å². The molecule has 0 spiro atoms. The second-order valence-corrected chi connectivity index (χ2v) is 6.03. The molecule has 0 radical (unpaired) electrons. The lowest BCUT2D eigenvalue weighted by Crippen LogP contribution is -2.42. The number of hydrogen-bond donors (Lipinski definition) is 1. The minimum Gasteiger partial charge on any atom is -0.362 e. The standard InChI is InChI=1S/C18H19FN4O2/c1-22(2)16-12(6-5-10-20-16)17(24)21-14-9-11-23(18(14)25)15-8-4-3-7-13(15)19/h3-8,10,14H,9,11H2,1-2H3,(H,21,24)/t14-/m1/s1. The Morgan fingerprint density at radius 3 is 2.76 bits per heavy atom. The van der Waals surface area contributed by atoms with Gasteiger partial charge in [0.1, 0.15) is 17.7 Å². The van der Waals surface area contributed by atoms with Crippen LogP contribution in [0.1, 0.15) is 16.8 Å². The first kappa shape index (κ1) is 16.9. The molecule has 2 heterocycles. The summed E-state index contributed by atoms with van der Waals surface area (Å²) in [5.74, 6) is -0.610. The number of rotatable bonds is 4. The van der Waals surface area contributed by atoms with Gasteiger partial charge in [-0.2, -0.15) is 0 Å². The lowest BCUT2D eigenvalue weighted by molar-refractivity contribution is -0.118. The maximum atomic E-state index is 13.9. The van der Waals surface area contributed by atoms with E-state index in [-0.39, 0.29) is 17.5 Å². The number of hydrogen-bond acceptors (Lipinski definition) is 4. The number of nitrogens with zero attached hydrogens (tertiary/aromatic N) is 3. The van der Waals surface area contributed by atoms with Crippen LogP contribution in [0.25, 0.3) is 0 Å². The average molecular weight is 342 g/mol. The summed E-state index contributed by atoms with van der Waals surface area (Å²) in [5.41, 5.74) is 0.629. The molecule has 0 aliphatic carbocycles. The van der Waals surface area contributed by atoms with E-state index < -0.39 is 11.9 Å². The van der Waals surface area contributed by atoms with Gasteiger partial charge in [-0.05, 0) is 30.7 Å². The normalized spacial score (nSPS) is 16.8. The lowest BCUT2D eigenvalue weighted by atomic mass is 10.2. The van der Waals surface area contributed by atoms with Gasteiger partial charge in [-0.25, -0.2) is 9.37 Å². The van der Waals surface area contributed by atoms with Crippen LogP contribution in [0.15, 0.2) is 42.6 Å². The SMILES string of the molecule is CN(C)c1ncccc1C(=O)N[C@@H]1CCN(c2ccccc2F)C1=O. The summed E-state index contributed by atoms with van der Waals surface area (Å²) in [6, 6.07) is 8.77. The van der Waals surface area contributed by atoms with E-state index in [9.17, 15) is 14.0 Å². The van der Waals surface area contributed by atoms with E-state index in [0.29, 0.717) is 24.3 Å². The van der Waals surface area contributed by atoms with E-state index in [1.165, 1.54) is 11.0 Å². The van der Waals surface area contributed by atoms with Gasteiger partial charge in [-0.15, -0.1) is 0 Å². The van der Waals surface area contributed by atoms with Gasteiger partial charge >= 0.3 is 0 Å². The van der Waals surface area contributed by atoms with E-state index in [0.717, 1.165) is 0 Å². The first-order valence-corrected chi connectivity index (χ1v) is 7.98. The first-order chi connectivity index (χ1) is 12.0. The predicted octanol–water partition coefficient (Wildman–Crippen LogP) is 1.82. The van der Waals surface area contributed by atoms with Gasteiger partial charge in [0.15, 0.2) is 0 Å². The Morgan fingerprint density at radius 2 is 2.04 bits per heavy atom. The summed E-state index contributed by atoms with van der Waals surface area (Å²) < 4.78 is 13.9. The number of pyridine rings is 1. The van der Waals surface area contributed by atoms with Crippen LogP contribution in [-0.2, 0) is 4.79 Å². The summed E-state index contributed by atoms with van der Waals surface area (Å²) in [7, 11) is 3.58. The van der Waals surface area contributed by atoms with Crippen molar-refractivity contribution < 1.29 is 14.0 Å². The predicted molar refractivity (Wildman–Crippen MR) is 93.2 cm³/mol. The molecule has 6 nitrogen and oxygen atoms in total. The van der Waals surface area contributed by atoms with Gasteiger partial charge in [-0.3, -0.25) is 9.59 Å². The number of halogens is 1. The Kier molecular flexibility index (Phi) is 4.65. The molecule has 1 N–H and O–H groups in total. The molecule has 1 atom stereocenters. The van der Waals surface area contributed by atoms with Gasteiger partial charge < -0.3 is 15.1 Å². The van der Waals surface area contributed by atoms with Crippen molar-refractivity contribution in [1.82, 2.24) is 10.3 Å². The summed E-state index contributed by atoms with van der Waals surface area (Å²) >= 11 is 0. The van der Waals surface area contributed by atoms with Crippen molar-refractivity contribution in [3.63, 3.8) is 0 Å². The van der Waals surface area contributed by atoms with Crippen molar-refractivity contribution in [1.29, 1.82) is 0 Å². The van der Waals surface area contributed by atoms with Crippen molar-refractivity contribution in [2.45, 2.75) is 12.5 Å². The Labute approximate surface area is 145 Å². The van der Waals surface area contributed by atoms with Crippen LogP contribution < -0.4 is 15.1 Å². The minimum absolute atomic E-state index is 0.236. The van der Waals surface area contributed by atoms with Crippen LogP contribution in [0, 0.1) is 5.82 Å². The van der Waals surface area contributed by atoms with Crippen LogP contribution in [0.2, 0.25) is 0 Å². The molecule has 25 heavy (non-hydrogen) atoms. The molecule has 1 aromatic heterocycles. The Hall–Kier alpha value is -2.96. The average Bonchev–Trinajstić information content (AvgIpc) is 2.96. The number of carbonyl (C=O) groups is 2. The van der Waals surface area contributed by atoms with Crippen LogP contribution in [0.5, 0.6) is 0 Å². The van der Waals surface area contributed by atoms with Crippen LogP contribution in [-0.4, -0.2) is 43.5 Å². The second-order valence-electron chi connectivity index (χ2n) is 6.03. The molecule has 1 fully saturated rings. The molecule has 3 rings (SSSR count). The topological polar surface area (TPSA) is 65.5 Å².